The lowest BCUT2D eigenvalue weighted by Crippen LogP contribution is -2.28. The Hall–Kier alpha value is -7.72. The van der Waals surface area contributed by atoms with Gasteiger partial charge in [-0.15, -0.1) is 11.3 Å². The van der Waals surface area contributed by atoms with Crippen molar-refractivity contribution in [1.29, 1.82) is 0 Å². The molecule has 0 fully saturated rings. The highest BCUT2D eigenvalue weighted by Gasteiger charge is 2.46. The molecule has 2 aromatic heterocycles. The van der Waals surface area contributed by atoms with E-state index in [4.69, 9.17) is 9.97 Å². The Morgan fingerprint density at radius 1 is 0.306 bits per heavy atom. The number of thiophene rings is 1. The molecule has 290 valence electrons. The Labute approximate surface area is 365 Å². The van der Waals surface area contributed by atoms with E-state index in [9.17, 15) is 0 Å². The number of hydrogen-bond acceptors (Lipinski definition) is 3. The third-order valence-electron chi connectivity index (χ3n) is 12.6. The summed E-state index contributed by atoms with van der Waals surface area (Å²) >= 11 is 1.85. The van der Waals surface area contributed by atoms with Crippen LogP contribution in [0.3, 0.4) is 0 Å². The first-order valence-electron chi connectivity index (χ1n) is 21.1. The second-order valence-electron chi connectivity index (χ2n) is 16.0. The van der Waals surface area contributed by atoms with E-state index in [0.717, 1.165) is 39.2 Å². The summed E-state index contributed by atoms with van der Waals surface area (Å²) in [7, 11) is 0. The second-order valence-corrected chi connectivity index (χ2v) is 17.1. The fraction of sp³-hybridized carbons (Fsp3) is 0.0169. The minimum atomic E-state index is -0.488. The smallest absolute Gasteiger partial charge is 0.160 e. The van der Waals surface area contributed by atoms with Crippen LogP contribution < -0.4 is 0 Å². The third-order valence-corrected chi connectivity index (χ3v) is 13.8. The molecule has 12 rings (SSSR count). The minimum Gasteiger partial charge on any atom is -0.228 e. The van der Waals surface area contributed by atoms with E-state index in [1.807, 2.05) is 17.4 Å². The molecule has 0 unspecified atom stereocenters. The SMILES string of the molecule is c1ccc(-c2nc(-c3ccc(-c4ccc5c(c4)sc4ccccc45)cc3)cc(-c3ccccc3-c3ccc4c(c3)C(c3ccccc3)(c3ccccc3)c3ccccc3-4)n2)cc1. The Kier molecular flexibility index (Phi) is 8.62. The Morgan fingerprint density at radius 3 is 1.61 bits per heavy atom. The van der Waals surface area contributed by atoms with E-state index in [1.165, 1.54) is 64.7 Å². The molecule has 1 aliphatic rings. The molecular formula is C59H38N2S. The lowest BCUT2D eigenvalue weighted by Gasteiger charge is -2.34. The van der Waals surface area contributed by atoms with Crippen molar-refractivity contribution < 1.29 is 0 Å². The normalized spacial score (nSPS) is 12.6. The highest BCUT2D eigenvalue weighted by Crippen LogP contribution is 2.57. The average Bonchev–Trinajstić information content (AvgIpc) is 3.88. The molecule has 0 atom stereocenters. The molecule has 0 spiro atoms. The molecule has 0 amide bonds. The average molecular weight is 807 g/mol. The van der Waals surface area contributed by atoms with Crippen molar-refractivity contribution in [1.82, 2.24) is 9.97 Å². The van der Waals surface area contributed by atoms with Crippen LogP contribution in [-0.2, 0) is 5.41 Å². The van der Waals surface area contributed by atoms with Gasteiger partial charge in [0.25, 0.3) is 0 Å². The molecule has 11 aromatic rings. The zero-order valence-electron chi connectivity index (χ0n) is 33.7. The van der Waals surface area contributed by atoms with Gasteiger partial charge in [-0.25, -0.2) is 9.97 Å². The van der Waals surface area contributed by atoms with Gasteiger partial charge in [0.1, 0.15) is 0 Å². The predicted molar refractivity (Wildman–Crippen MR) is 259 cm³/mol. The van der Waals surface area contributed by atoms with E-state index in [1.54, 1.807) is 0 Å². The van der Waals surface area contributed by atoms with E-state index in [-0.39, 0.29) is 0 Å². The molecular weight excluding hydrogens is 769 g/mol. The van der Waals surface area contributed by atoms with Crippen LogP contribution >= 0.6 is 11.3 Å². The number of aromatic nitrogens is 2. The van der Waals surface area contributed by atoms with Crippen molar-refractivity contribution in [3.63, 3.8) is 0 Å². The second kappa shape index (κ2) is 14.8. The molecule has 9 aromatic carbocycles. The molecule has 0 saturated heterocycles. The van der Waals surface area contributed by atoms with Crippen molar-refractivity contribution in [3.05, 3.63) is 253 Å². The van der Waals surface area contributed by atoms with Crippen LogP contribution in [-0.4, -0.2) is 9.97 Å². The quantitative estimate of drug-likeness (QED) is 0.160. The summed E-state index contributed by atoms with van der Waals surface area (Å²) in [4.78, 5) is 10.5. The fourth-order valence-corrected chi connectivity index (χ4v) is 10.9. The van der Waals surface area contributed by atoms with Gasteiger partial charge >= 0.3 is 0 Å². The van der Waals surface area contributed by atoms with Crippen LogP contribution in [0.2, 0.25) is 0 Å². The maximum atomic E-state index is 5.32. The zero-order chi connectivity index (χ0) is 41.0. The number of nitrogens with zero attached hydrogens (tertiary/aromatic N) is 2. The summed E-state index contributed by atoms with van der Waals surface area (Å²) in [6, 6.07) is 83.5. The highest BCUT2D eigenvalue weighted by atomic mass is 32.1. The van der Waals surface area contributed by atoms with Crippen LogP contribution in [0.1, 0.15) is 22.3 Å². The van der Waals surface area contributed by atoms with Gasteiger partial charge in [-0.2, -0.15) is 0 Å². The predicted octanol–water partition coefficient (Wildman–Crippen LogP) is 15.5. The number of benzene rings is 9. The first kappa shape index (κ1) is 36.2. The Balaban J connectivity index is 0.992. The minimum absolute atomic E-state index is 0.488. The van der Waals surface area contributed by atoms with Gasteiger partial charge in [0.05, 0.1) is 16.8 Å². The molecule has 0 bridgehead atoms. The molecule has 1 aliphatic carbocycles. The van der Waals surface area contributed by atoms with Crippen molar-refractivity contribution in [3.8, 4) is 67.3 Å². The first-order chi connectivity index (χ1) is 30.7. The first-order valence-corrected chi connectivity index (χ1v) is 22.0. The molecule has 2 heterocycles. The summed E-state index contributed by atoms with van der Waals surface area (Å²) < 4.78 is 2.62. The van der Waals surface area contributed by atoms with Crippen LogP contribution in [0.4, 0.5) is 0 Å². The summed E-state index contributed by atoms with van der Waals surface area (Å²) in [6.07, 6.45) is 0. The zero-order valence-corrected chi connectivity index (χ0v) is 34.6. The number of hydrogen-bond donors (Lipinski definition) is 0. The Morgan fingerprint density at radius 2 is 0.855 bits per heavy atom. The lowest BCUT2D eigenvalue weighted by atomic mass is 9.67. The van der Waals surface area contributed by atoms with Crippen molar-refractivity contribution in [2.24, 2.45) is 0 Å². The van der Waals surface area contributed by atoms with Gasteiger partial charge < -0.3 is 0 Å². The van der Waals surface area contributed by atoms with Crippen LogP contribution in [0.5, 0.6) is 0 Å². The van der Waals surface area contributed by atoms with Crippen molar-refractivity contribution in [2.75, 3.05) is 0 Å². The Bertz CT molecular complexity index is 3400. The van der Waals surface area contributed by atoms with E-state index < -0.39 is 5.41 Å². The van der Waals surface area contributed by atoms with E-state index in [0.29, 0.717) is 5.82 Å². The van der Waals surface area contributed by atoms with E-state index >= 15 is 0 Å². The van der Waals surface area contributed by atoms with Crippen LogP contribution in [0.15, 0.2) is 231 Å². The molecule has 0 aliphatic heterocycles. The van der Waals surface area contributed by atoms with Crippen LogP contribution in [0, 0.1) is 0 Å². The fourth-order valence-electron chi connectivity index (χ4n) is 9.76. The lowest BCUT2D eigenvalue weighted by molar-refractivity contribution is 0.769. The molecule has 2 nitrogen and oxygen atoms in total. The van der Waals surface area contributed by atoms with Gasteiger partial charge in [0, 0.05) is 36.9 Å². The van der Waals surface area contributed by atoms with Gasteiger partial charge in [0.2, 0.25) is 0 Å². The van der Waals surface area contributed by atoms with Crippen molar-refractivity contribution >= 4 is 31.5 Å². The van der Waals surface area contributed by atoms with Gasteiger partial charge in [-0.3, -0.25) is 0 Å². The maximum Gasteiger partial charge on any atom is 0.160 e. The molecule has 3 heteroatoms. The topological polar surface area (TPSA) is 25.8 Å². The molecule has 62 heavy (non-hydrogen) atoms. The summed E-state index contributed by atoms with van der Waals surface area (Å²) in [5, 5.41) is 2.63. The van der Waals surface area contributed by atoms with Gasteiger partial charge in [-0.05, 0) is 79.9 Å². The molecule has 0 radical (unpaired) electrons. The largest absolute Gasteiger partial charge is 0.228 e. The van der Waals surface area contributed by atoms with Crippen molar-refractivity contribution in [2.45, 2.75) is 5.41 Å². The number of rotatable bonds is 7. The molecule has 0 saturated carbocycles. The summed E-state index contributed by atoms with van der Waals surface area (Å²) in [5.41, 5.74) is 16.6. The maximum absolute atomic E-state index is 5.32. The standard InChI is InChI=1S/C59H38N2S/c1-4-16-41(17-5-1)58-60-54(40-30-28-39(29-31-40)42-32-35-51-50-25-13-15-27-56(50)62-57(51)37-42)38-55(61-58)49-24-11-10-22-46(49)43-33-34-48-47-23-12-14-26-52(47)59(53(48)36-43,44-18-6-2-7-19-44)45-20-8-3-9-21-45/h1-38H. The number of fused-ring (bicyclic) bond motifs is 6. The van der Waals surface area contributed by atoms with Crippen LogP contribution in [0.25, 0.3) is 87.5 Å². The van der Waals surface area contributed by atoms with Gasteiger partial charge in [-0.1, -0.05) is 206 Å². The highest BCUT2D eigenvalue weighted by molar-refractivity contribution is 7.25. The van der Waals surface area contributed by atoms with Gasteiger partial charge in [0.15, 0.2) is 5.82 Å². The van der Waals surface area contributed by atoms with E-state index in [2.05, 4.69) is 224 Å². The monoisotopic (exact) mass is 806 g/mol. The molecule has 0 N–H and O–H groups in total. The summed E-state index contributed by atoms with van der Waals surface area (Å²) in [5.74, 6) is 0.698. The summed E-state index contributed by atoms with van der Waals surface area (Å²) in [6.45, 7) is 0. The third kappa shape index (κ3) is 5.85.